The van der Waals surface area contributed by atoms with Crippen LogP contribution in [0.1, 0.15) is 26.7 Å². The summed E-state index contributed by atoms with van der Waals surface area (Å²) < 4.78 is 37.4. The fraction of sp³-hybridized carbons (Fsp3) is 0.900. The summed E-state index contributed by atoms with van der Waals surface area (Å²) >= 11 is 0. The smallest absolute Gasteiger partial charge is 0.355 e. The van der Waals surface area contributed by atoms with E-state index in [-0.39, 0.29) is 25.3 Å². The van der Waals surface area contributed by atoms with Crippen molar-refractivity contribution in [3.63, 3.8) is 0 Å². The van der Waals surface area contributed by atoms with Crippen LogP contribution in [0.4, 0.5) is 13.2 Å². The Hall–Kier alpha value is -0.780. The summed E-state index contributed by atoms with van der Waals surface area (Å²) in [5.74, 6) is -0.0920. The lowest BCUT2D eigenvalue weighted by Gasteiger charge is -2.20. The molecule has 0 unspecified atom stereocenters. The first-order chi connectivity index (χ1) is 7.27. The molecule has 0 radical (unpaired) electrons. The molecule has 0 spiro atoms. The average Bonchev–Trinajstić information content (AvgIpc) is 2.91. The first-order valence-corrected chi connectivity index (χ1v) is 5.35. The third-order valence-corrected chi connectivity index (χ3v) is 2.59. The second-order valence-corrected chi connectivity index (χ2v) is 4.63. The van der Waals surface area contributed by atoms with Crippen LogP contribution in [-0.2, 0) is 4.79 Å². The minimum absolute atomic E-state index is 0.0635. The Bertz CT molecular complexity index is 259. The Morgan fingerprint density at radius 1 is 1.38 bits per heavy atom. The average molecular weight is 238 g/mol. The molecule has 1 aliphatic carbocycles. The number of rotatable bonds is 5. The molecule has 1 fully saturated rings. The molecule has 0 aromatic carbocycles. The van der Waals surface area contributed by atoms with Gasteiger partial charge in [0.05, 0.1) is 6.54 Å². The Morgan fingerprint density at radius 3 is 2.31 bits per heavy atom. The number of carbonyl (C=O) groups is 1. The van der Waals surface area contributed by atoms with Crippen molar-refractivity contribution in [3.05, 3.63) is 0 Å². The van der Waals surface area contributed by atoms with Crippen molar-refractivity contribution >= 4 is 5.91 Å². The molecule has 2 N–H and O–H groups in total. The van der Waals surface area contributed by atoms with Gasteiger partial charge in [-0.2, -0.15) is 13.2 Å². The Balaban J connectivity index is 2.27. The van der Waals surface area contributed by atoms with Crippen LogP contribution in [-0.4, -0.2) is 30.7 Å². The number of hydrogen-bond donors (Lipinski definition) is 2. The molecule has 1 aliphatic rings. The first kappa shape index (κ1) is 13.3. The van der Waals surface area contributed by atoms with Crippen molar-refractivity contribution < 1.29 is 18.0 Å². The van der Waals surface area contributed by atoms with Crippen LogP contribution in [0.25, 0.3) is 0 Å². The zero-order valence-electron chi connectivity index (χ0n) is 9.45. The Morgan fingerprint density at radius 2 is 1.94 bits per heavy atom. The maximum absolute atomic E-state index is 12.5. The van der Waals surface area contributed by atoms with E-state index >= 15 is 0 Å². The van der Waals surface area contributed by atoms with E-state index in [1.54, 1.807) is 0 Å². The summed E-state index contributed by atoms with van der Waals surface area (Å²) in [5, 5.41) is 4.86. The summed E-state index contributed by atoms with van der Waals surface area (Å²) in [7, 11) is 0. The van der Waals surface area contributed by atoms with Crippen molar-refractivity contribution in [2.24, 2.45) is 5.92 Å². The van der Waals surface area contributed by atoms with Crippen molar-refractivity contribution in [2.75, 3.05) is 13.1 Å². The molecule has 0 aromatic rings. The van der Waals surface area contributed by atoms with Crippen LogP contribution in [0, 0.1) is 5.92 Å². The number of amides is 1. The minimum Gasteiger partial charge on any atom is -0.355 e. The van der Waals surface area contributed by atoms with E-state index in [2.05, 4.69) is 10.6 Å². The summed E-state index contributed by atoms with van der Waals surface area (Å²) in [6, 6.07) is 0. The lowest BCUT2D eigenvalue weighted by Crippen LogP contribution is -2.49. The van der Waals surface area contributed by atoms with Crippen LogP contribution < -0.4 is 10.6 Å². The van der Waals surface area contributed by atoms with Gasteiger partial charge in [0.2, 0.25) is 5.91 Å². The highest BCUT2D eigenvalue weighted by molar-refractivity contribution is 5.78. The monoisotopic (exact) mass is 238 g/mol. The second-order valence-electron chi connectivity index (χ2n) is 4.63. The van der Waals surface area contributed by atoms with E-state index in [1.807, 2.05) is 13.8 Å². The number of hydrogen-bond acceptors (Lipinski definition) is 2. The summed E-state index contributed by atoms with van der Waals surface area (Å²) in [5.41, 5.74) is -1.80. The van der Waals surface area contributed by atoms with Gasteiger partial charge in [0.1, 0.15) is 5.54 Å². The van der Waals surface area contributed by atoms with Crippen LogP contribution >= 0.6 is 0 Å². The fourth-order valence-corrected chi connectivity index (χ4v) is 1.32. The molecular weight excluding hydrogens is 221 g/mol. The van der Waals surface area contributed by atoms with Gasteiger partial charge in [-0.05, 0) is 18.8 Å². The molecule has 0 saturated heterocycles. The van der Waals surface area contributed by atoms with Crippen molar-refractivity contribution in [1.82, 2.24) is 10.6 Å². The van der Waals surface area contributed by atoms with E-state index in [4.69, 9.17) is 0 Å². The first-order valence-electron chi connectivity index (χ1n) is 5.35. The predicted octanol–water partition coefficient (Wildman–Crippen LogP) is 1.44. The van der Waals surface area contributed by atoms with Crippen LogP contribution in [0.3, 0.4) is 0 Å². The van der Waals surface area contributed by atoms with Gasteiger partial charge >= 0.3 is 6.18 Å². The minimum atomic E-state index is -4.26. The SMILES string of the molecule is CC(C)CNC(=O)CNC1(C(F)(F)F)CC1. The molecule has 1 rings (SSSR count). The fourth-order valence-electron chi connectivity index (χ4n) is 1.32. The van der Waals surface area contributed by atoms with E-state index < -0.39 is 11.7 Å². The summed E-state index contributed by atoms with van der Waals surface area (Å²) in [6.45, 7) is 4.06. The molecule has 94 valence electrons. The molecule has 1 saturated carbocycles. The Kier molecular flexibility index (Phi) is 3.83. The van der Waals surface area contributed by atoms with E-state index in [9.17, 15) is 18.0 Å². The highest BCUT2D eigenvalue weighted by Gasteiger charge is 2.63. The molecule has 0 aliphatic heterocycles. The topological polar surface area (TPSA) is 41.1 Å². The van der Waals surface area contributed by atoms with E-state index in [1.165, 1.54) is 0 Å². The van der Waals surface area contributed by atoms with Gasteiger partial charge in [-0.3, -0.25) is 10.1 Å². The zero-order chi connectivity index (χ0) is 12.4. The second kappa shape index (κ2) is 4.61. The number of nitrogens with one attached hydrogen (secondary N) is 2. The quantitative estimate of drug-likeness (QED) is 0.761. The van der Waals surface area contributed by atoms with Gasteiger partial charge in [0.25, 0.3) is 0 Å². The summed E-state index contributed by atoms with van der Waals surface area (Å²) in [4.78, 5) is 11.2. The number of carbonyl (C=O) groups excluding carboxylic acids is 1. The van der Waals surface area contributed by atoms with Gasteiger partial charge in [0.15, 0.2) is 0 Å². The van der Waals surface area contributed by atoms with E-state index in [0.29, 0.717) is 12.5 Å². The molecule has 0 atom stereocenters. The Labute approximate surface area is 92.8 Å². The number of halogens is 3. The molecular formula is C10H17F3N2O. The molecule has 6 heteroatoms. The van der Waals surface area contributed by atoms with Crippen LogP contribution in [0.5, 0.6) is 0 Å². The maximum Gasteiger partial charge on any atom is 0.406 e. The van der Waals surface area contributed by atoms with Crippen molar-refractivity contribution in [1.29, 1.82) is 0 Å². The summed E-state index contributed by atoms with van der Waals surface area (Å²) in [6.07, 6.45) is -4.13. The predicted molar refractivity (Wildman–Crippen MR) is 53.9 cm³/mol. The normalized spacial score (nSPS) is 18.6. The van der Waals surface area contributed by atoms with Gasteiger partial charge < -0.3 is 5.32 Å². The molecule has 0 bridgehead atoms. The van der Waals surface area contributed by atoms with Gasteiger partial charge in [-0.25, -0.2) is 0 Å². The molecule has 0 aromatic heterocycles. The third kappa shape index (κ3) is 3.37. The maximum atomic E-state index is 12.5. The highest BCUT2D eigenvalue weighted by atomic mass is 19.4. The third-order valence-electron chi connectivity index (χ3n) is 2.59. The lowest BCUT2D eigenvalue weighted by atomic mass is 10.2. The molecule has 3 nitrogen and oxygen atoms in total. The molecule has 1 amide bonds. The van der Waals surface area contributed by atoms with E-state index in [0.717, 1.165) is 0 Å². The van der Waals surface area contributed by atoms with Crippen LogP contribution in [0.15, 0.2) is 0 Å². The molecule has 0 heterocycles. The number of alkyl halides is 3. The molecule has 16 heavy (non-hydrogen) atoms. The highest BCUT2D eigenvalue weighted by Crippen LogP contribution is 2.48. The lowest BCUT2D eigenvalue weighted by molar-refractivity contribution is -0.166. The van der Waals surface area contributed by atoms with Gasteiger partial charge in [-0.1, -0.05) is 13.8 Å². The van der Waals surface area contributed by atoms with Gasteiger partial charge in [0, 0.05) is 6.54 Å². The largest absolute Gasteiger partial charge is 0.406 e. The van der Waals surface area contributed by atoms with Crippen LogP contribution in [0.2, 0.25) is 0 Å². The van der Waals surface area contributed by atoms with Crippen molar-refractivity contribution in [2.45, 2.75) is 38.4 Å². The van der Waals surface area contributed by atoms with Gasteiger partial charge in [-0.15, -0.1) is 0 Å². The van der Waals surface area contributed by atoms with Crippen molar-refractivity contribution in [3.8, 4) is 0 Å². The zero-order valence-corrected chi connectivity index (χ0v) is 9.45. The standard InChI is InChI=1S/C10H17F3N2O/c1-7(2)5-14-8(16)6-15-9(3-4-9)10(11,12)13/h7,15H,3-6H2,1-2H3,(H,14,16).